The fourth-order valence-electron chi connectivity index (χ4n) is 4.86. The summed E-state index contributed by atoms with van der Waals surface area (Å²) in [6.07, 6.45) is 1.49. The summed E-state index contributed by atoms with van der Waals surface area (Å²) in [7, 11) is 0. The molecule has 0 aliphatic carbocycles. The lowest BCUT2D eigenvalue weighted by Gasteiger charge is -2.20. The van der Waals surface area contributed by atoms with Crippen LogP contribution in [0.2, 0.25) is 5.02 Å². The van der Waals surface area contributed by atoms with Crippen LogP contribution in [0.4, 0.5) is 0 Å². The van der Waals surface area contributed by atoms with Gasteiger partial charge in [0, 0.05) is 23.3 Å². The van der Waals surface area contributed by atoms with Crippen molar-refractivity contribution >= 4 is 40.3 Å². The third-order valence-corrected chi connectivity index (χ3v) is 7.28. The van der Waals surface area contributed by atoms with Crippen LogP contribution in [0.3, 0.4) is 0 Å². The number of hydrogen-bond acceptors (Lipinski definition) is 7. The van der Waals surface area contributed by atoms with Crippen LogP contribution in [0.1, 0.15) is 50.2 Å². The van der Waals surface area contributed by atoms with E-state index in [2.05, 4.69) is 4.98 Å². The zero-order valence-corrected chi connectivity index (χ0v) is 23.6. The molecule has 4 aromatic rings. The number of pyridine rings is 1. The van der Waals surface area contributed by atoms with E-state index in [0.29, 0.717) is 51.6 Å². The minimum Gasteiger partial charge on any atom is -0.506 e. The number of fused-ring (bicyclic) bond motifs is 1. The number of nitrogens with one attached hydrogen (secondary N) is 1. The number of aromatic hydroxyl groups is 1. The van der Waals surface area contributed by atoms with Gasteiger partial charge in [0.1, 0.15) is 11.5 Å². The molecule has 1 fully saturated rings. The van der Waals surface area contributed by atoms with Gasteiger partial charge in [-0.2, -0.15) is 0 Å². The molecule has 0 saturated carbocycles. The van der Waals surface area contributed by atoms with E-state index in [4.69, 9.17) is 21.2 Å². The monoisotopic (exact) mass is 588 g/mol. The highest BCUT2D eigenvalue weighted by Crippen LogP contribution is 2.33. The van der Waals surface area contributed by atoms with Crippen molar-refractivity contribution in [2.75, 3.05) is 0 Å². The highest BCUT2D eigenvalue weighted by atomic mass is 35.5. The minimum absolute atomic E-state index is 0.0200. The predicted molar refractivity (Wildman–Crippen MR) is 157 cm³/mol. The van der Waals surface area contributed by atoms with Gasteiger partial charge in [-0.25, -0.2) is 4.79 Å². The molecule has 2 N–H and O–H groups in total. The van der Waals surface area contributed by atoms with Crippen molar-refractivity contribution in [1.29, 1.82) is 0 Å². The van der Waals surface area contributed by atoms with Crippen molar-refractivity contribution in [3.63, 3.8) is 0 Å². The Kier molecular flexibility index (Phi) is 8.59. The van der Waals surface area contributed by atoms with E-state index in [1.165, 1.54) is 0 Å². The number of rotatable bonds is 10. The van der Waals surface area contributed by atoms with Crippen LogP contribution in [-0.4, -0.2) is 39.0 Å². The Bertz CT molecular complexity index is 1700. The van der Waals surface area contributed by atoms with Crippen LogP contribution in [0.25, 0.3) is 22.0 Å². The van der Waals surface area contributed by atoms with Gasteiger partial charge in [-0.3, -0.25) is 14.4 Å². The number of benzene rings is 3. The van der Waals surface area contributed by atoms with Gasteiger partial charge in [-0.15, -0.1) is 5.06 Å². The minimum atomic E-state index is -0.975. The number of hydroxylamine groups is 2. The Morgan fingerprint density at radius 1 is 1.00 bits per heavy atom. The maximum absolute atomic E-state index is 12.9. The largest absolute Gasteiger partial charge is 0.506 e. The second kappa shape index (κ2) is 12.5. The normalized spacial score (nSPS) is 13.9. The van der Waals surface area contributed by atoms with Gasteiger partial charge >= 0.3 is 5.97 Å². The molecule has 3 aromatic carbocycles. The van der Waals surface area contributed by atoms with E-state index >= 15 is 0 Å². The first-order valence-corrected chi connectivity index (χ1v) is 14.1. The number of unbranched alkanes of at least 4 members (excludes halogenated alkanes) is 1. The molecule has 9 nitrogen and oxygen atoms in total. The van der Waals surface area contributed by atoms with Gasteiger partial charge in [0.25, 0.3) is 17.4 Å². The molecular weight excluding hydrogens is 560 g/mol. The zero-order chi connectivity index (χ0) is 29.8. The molecule has 0 bridgehead atoms. The molecule has 10 heteroatoms. The molecule has 1 saturated heterocycles. The van der Waals surface area contributed by atoms with Gasteiger partial charge in [-0.05, 0) is 66.3 Å². The summed E-state index contributed by atoms with van der Waals surface area (Å²) >= 11 is 6.03. The molecule has 2 heterocycles. The quantitative estimate of drug-likeness (QED) is 0.228. The molecule has 42 heavy (non-hydrogen) atoms. The predicted octanol–water partition coefficient (Wildman–Crippen LogP) is 5.69. The first-order chi connectivity index (χ1) is 20.2. The molecule has 1 aromatic heterocycles. The third-order valence-electron chi connectivity index (χ3n) is 7.04. The van der Waals surface area contributed by atoms with Crippen molar-refractivity contribution in [3.05, 3.63) is 93.2 Å². The van der Waals surface area contributed by atoms with Crippen LogP contribution in [-0.2, 0) is 25.6 Å². The highest BCUT2D eigenvalue weighted by molar-refractivity contribution is 6.31. The maximum atomic E-state index is 12.9. The lowest BCUT2D eigenvalue weighted by atomic mass is 9.98. The number of aromatic nitrogens is 1. The molecule has 1 aliphatic rings. The van der Waals surface area contributed by atoms with Gasteiger partial charge in [0.2, 0.25) is 0 Å². The second-order valence-corrected chi connectivity index (χ2v) is 10.6. The summed E-state index contributed by atoms with van der Waals surface area (Å²) in [5.74, 6) is -1.54. The van der Waals surface area contributed by atoms with Crippen LogP contribution in [0.15, 0.2) is 71.5 Å². The summed E-state index contributed by atoms with van der Waals surface area (Å²) < 4.78 is 5.91. The lowest BCUT2D eigenvalue weighted by Crippen LogP contribution is -2.38. The van der Waals surface area contributed by atoms with Crippen LogP contribution >= 0.6 is 11.6 Å². The third kappa shape index (κ3) is 6.31. The smallest absolute Gasteiger partial charge is 0.373 e. The fourth-order valence-corrected chi connectivity index (χ4v) is 5.04. The van der Waals surface area contributed by atoms with E-state index < -0.39 is 29.4 Å². The maximum Gasteiger partial charge on any atom is 0.373 e. The Morgan fingerprint density at radius 2 is 1.74 bits per heavy atom. The van der Waals surface area contributed by atoms with Crippen LogP contribution in [0.5, 0.6) is 11.5 Å². The summed E-state index contributed by atoms with van der Waals surface area (Å²) in [5, 5.41) is 12.4. The summed E-state index contributed by atoms with van der Waals surface area (Å²) in [6, 6.07) is 19.5. The Balaban J connectivity index is 1.30. The van der Waals surface area contributed by atoms with Crippen LogP contribution < -0.4 is 10.3 Å². The van der Waals surface area contributed by atoms with E-state index in [0.717, 1.165) is 17.5 Å². The Labute approximate surface area is 246 Å². The SMILES string of the molecule is CCCCC(Oc1ccc(Cc2cccc(-c3c(O)c4ccc(Cl)cc4[nH]c3=O)c2)cc1)C(=O)ON1C(=O)CCC1=O. The molecule has 0 spiro atoms. The molecule has 1 unspecified atom stereocenters. The first kappa shape index (κ1) is 28.9. The number of nitrogens with zero attached hydrogens (tertiary/aromatic N) is 1. The fraction of sp³-hybridized carbons (Fsp3) is 0.250. The summed E-state index contributed by atoms with van der Waals surface area (Å²) in [4.78, 5) is 57.2. The second-order valence-electron chi connectivity index (χ2n) is 10.1. The number of aromatic amines is 1. The molecule has 5 rings (SSSR count). The number of halogens is 1. The van der Waals surface area contributed by atoms with Gasteiger partial charge in [-0.1, -0.05) is 61.3 Å². The van der Waals surface area contributed by atoms with Crippen molar-refractivity contribution in [1.82, 2.24) is 10.0 Å². The topological polar surface area (TPSA) is 126 Å². The van der Waals surface area contributed by atoms with E-state index in [1.807, 2.05) is 37.3 Å². The number of imide groups is 1. The Morgan fingerprint density at radius 3 is 2.45 bits per heavy atom. The lowest BCUT2D eigenvalue weighted by molar-refractivity contribution is -0.202. The van der Waals surface area contributed by atoms with Crippen molar-refractivity contribution in [2.24, 2.45) is 0 Å². The van der Waals surface area contributed by atoms with E-state index in [-0.39, 0.29) is 24.2 Å². The number of carbonyl (C=O) groups excluding carboxylic acids is 3. The molecular formula is C32H29ClN2O7. The molecule has 0 radical (unpaired) electrons. The van der Waals surface area contributed by atoms with Crippen molar-refractivity contribution in [2.45, 2.75) is 51.6 Å². The molecule has 1 aliphatic heterocycles. The number of H-pyrrole nitrogens is 1. The van der Waals surface area contributed by atoms with E-state index in [1.54, 1.807) is 36.4 Å². The standard InChI is InChI=1S/C32H29ClN2O7/c1-2-3-7-26(32(40)42-35-27(36)14-15-28(35)37)41-23-11-8-19(9-12-23)16-20-5-4-6-21(17-20)29-30(38)24-13-10-22(33)18-25(24)34-31(29)39/h4-6,8-13,17-18,26H,2-3,7,14-16H2,1H3,(H2,34,38,39). The molecule has 216 valence electrons. The zero-order valence-electron chi connectivity index (χ0n) is 22.9. The molecule has 1 atom stereocenters. The summed E-state index contributed by atoms with van der Waals surface area (Å²) in [6.45, 7) is 1.98. The van der Waals surface area contributed by atoms with Crippen molar-refractivity contribution < 1.29 is 29.1 Å². The van der Waals surface area contributed by atoms with Gasteiger partial charge in [0.05, 0.1) is 11.1 Å². The molecule has 2 amide bonds. The van der Waals surface area contributed by atoms with Crippen LogP contribution in [0, 0.1) is 0 Å². The average Bonchev–Trinajstić information content (AvgIpc) is 3.28. The highest BCUT2D eigenvalue weighted by Gasteiger charge is 2.35. The number of hydrogen-bond donors (Lipinski definition) is 2. The average molecular weight is 589 g/mol. The number of ether oxygens (including phenoxy) is 1. The van der Waals surface area contributed by atoms with Gasteiger partial charge in [0.15, 0.2) is 6.10 Å². The van der Waals surface area contributed by atoms with Crippen molar-refractivity contribution in [3.8, 4) is 22.6 Å². The first-order valence-electron chi connectivity index (χ1n) is 13.7. The number of amides is 2. The Hall–Kier alpha value is -4.63. The summed E-state index contributed by atoms with van der Waals surface area (Å²) in [5.41, 5.74) is 2.66. The van der Waals surface area contributed by atoms with Gasteiger partial charge < -0.3 is 19.7 Å². The van der Waals surface area contributed by atoms with E-state index in [9.17, 15) is 24.3 Å². The number of carbonyl (C=O) groups is 3.